The molecule has 3 aromatic carbocycles. The highest BCUT2D eigenvalue weighted by Crippen LogP contribution is 2.42. The lowest BCUT2D eigenvalue weighted by Crippen LogP contribution is -2.25. The van der Waals surface area contributed by atoms with E-state index >= 15 is 0 Å². The van der Waals surface area contributed by atoms with Gasteiger partial charge in [0.05, 0.1) is 12.3 Å². The molecule has 9 heteroatoms. The van der Waals surface area contributed by atoms with Crippen molar-refractivity contribution in [2.75, 3.05) is 19.8 Å². The van der Waals surface area contributed by atoms with Crippen LogP contribution < -0.4 is 0 Å². The van der Waals surface area contributed by atoms with Crippen LogP contribution in [0.3, 0.4) is 0 Å². The molecule has 0 bridgehead atoms. The molecule has 6 N–H and O–H groups in total. The van der Waals surface area contributed by atoms with Gasteiger partial charge in [0.15, 0.2) is 0 Å². The summed E-state index contributed by atoms with van der Waals surface area (Å²) in [6.07, 6.45) is 1.54. The summed E-state index contributed by atoms with van der Waals surface area (Å²) >= 11 is 0. The van der Waals surface area contributed by atoms with Crippen LogP contribution >= 0.6 is 0 Å². The van der Waals surface area contributed by atoms with Crippen molar-refractivity contribution < 1.29 is 45.0 Å². The van der Waals surface area contributed by atoms with Crippen LogP contribution in [0, 0.1) is 0 Å². The highest BCUT2D eigenvalue weighted by atomic mass is 16.4. The van der Waals surface area contributed by atoms with Crippen molar-refractivity contribution in [2.24, 2.45) is 0 Å². The van der Waals surface area contributed by atoms with Gasteiger partial charge < -0.3 is 30.6 Å². The molecule has 0 radical (unpaired) electrons. The van der Waals surface area contributed by atoms with Gasteiger partial charge in [-0.15, -0.1) is 0 Å². The number of aliphatic hydroxyl groups is 3. The SMILES string of the molecule is O=C(O)CCc1cccc(-c2cccc(C(C(=O)O)C(CC(=O)O)c3ccccc3CCCO)c2CCCO)c1CCO. The normalized spacial score (nSPS) is 12.5. The second-order valence-corrected chi connectivity index (χ2v) is 10.6. The van der Waals surface area contributed by atoms with E-state index in [9.17, 15) is 45.0 Å². The molecule has 0 spiro atoms. The Morgan fingerprint density at radius 2 is 1.19 bits per heavy atom. The molecule has 0 amide bonds. The van der Waals surface area contributed by atoms with E-state index in [4.69, 9.17) is 0 Å². The molecular formula is C34H40O9. The molecule has 0 aromatic heterocycles. The number of hydrogen-bond acceptors (Lipinski definition) is 6. The van der Waals surface area contributed by atoms with Gasteiger partial charge in [-0.3, -0.25) is 14.4 Å². The van der Waals surface area contributed by atoms with Crippen molar-refractivity contribution in [2.45, 2.75) is 63.2 Å². The Hall–Kier alpha value is -4.05. The molecule has 0 aliphatic rings. The zero-order valence-electron chi connectivity index (χ0n) is 24.1. The van der Waals surface area contributed by atoms with Crippen LogP contribution in [-0.4, -0.2) is 68.4 Å². The fourth-order valence-corrected chi connectivity index (χ4v) is 5.96. The lowest BCUT2D eigenvalue weighted by molar-refractivity contribution is -0.141. The third kappa shape index (κ3) is 8.73. The van der Waals surface area contributed by atoms with Crippen LogP contribution in [0.25, 0.3) is 11.1 Å². The first-order valence-corrected chi connectivity index (χ1v) is 14.5. The maximum Gasteiger partial charge on any atom is 0.311 e. The number of aryl methyl sites for hydroxylation is 2. The predicted molar refractivity (Wildman–Crippen MR) is 161 cm³/mol. The molecule has 2 atom stereocenters. The smallest absolute Gasteiger partial charge is 0.311 e. The monoisotopic (exact) mass is 592 g/mol. The molecule has 3 aromatic rings. The summed E-state index contributed by atoms with van der Waals surface area (Å²) in [5.74, 6) is -5.43. The average molecular weight is 593 g/mol. The van der Waals surface area contributed by atoms with Crippen molar-refractivity contribution in [3.63, 3.8) is 0 Å². The van der Waals surface area contributed by atoms with E-state index in [1.54, 1.807) is 36.4 Å². The Kier molecular flexibility index (Phi) is 12.9. The zero-order valence-corrected chi connectivity index (χ0v) is 24.1. The molecule has 230 valence electrons. The molecule has 0 heterocycles. The topological polar surface area (TPSA) is 173 Å². The second kappa shape index (κ2) is 16.6. The van der Waals surface area contributed by atoms with E-state index in [1.807, 2.05) is 24.3 Å². The number of aliphatic carboxylic acids is 3. The number of carboxylic acid groups (broad SMARTS) is 3. The largest absolute Gasteiger partial charge is 0.481 e. The summed E-state index contributed by atoms with van der Waals surface area (Å²) in [5.41, 5.74) is 5.42. The molecule has 2 unspecified atom stereocenters. The highest BCUT2D eigenvalue weighted by molar-refractivity contribution is 5.83. The summed E-state index contributed by atoms with van der Waals surface area (Å²) < 4.78 is 0. The van der Waals surface area contributed by atoms with Crippen molar-refractivity contribution in [1.29, 1.82) is 0 Å². The second-order valence-electron chi connectivity index (χ2n) is 10.6. The van der Waals surface area contributed by atoms with Gasteiger partial charge in [-0.25, -0.2) is 0 Å². The Balaban J connectivity index is 2.29. The summed E-state index contributed by atoms with van der Waals surface area (Å²) in [6.45, 7) is -0.378. The maximum atomic E-state index is 13.1. The summed E-state index contributed by atoms with van der Waals surface area (Å²) in [7, 11) is 0. The molecule has 9 nitrogen and oxygen atoms in total. The Bertz CT molecular complexity index is 1400. The van der Waals surface area contributed by atoms with Crippen LogP contribution in [0.1, 0.15) is 70.9 Å². The van der Waals surface area contributed by atoms with Crippen LogP contribution in [0.5, 0.6) is 0 Å². The lowest BCUT2D eigenvalue weighted by atomic mass is 9.74. The minimum absolute atomic E-state index is 0.0602. The van der Waals surface area contributed by atoms with Gasteiger partial charge in [0.1, 0.15) is 0 Å². The van der Waals surface area contributed by atoms with Gasteiger partial charge in [0, 0.05) is 32.2 Å². The number of benzene rings is 3. The average Bonchev–Trinajstić information content (AvgIpc) is 2.98. The molecule has 0 aliphatic carbocycles. The van der Waals surface area contributed by atoms with E-state index in [0.29, 0.717) is 47.9 Å². The molecular weight excluding hydrogens is 552 g/mol. The third-order valence-electron chi connectivity index (χ3n) is 7.79. The van der Waals surface area contributed by atoms with E-state index in [2.05, 4.69) is 0 Å². The van der Waals surface area contributed by atoms with E-state index < -0.39 is 36.2 Å². The van der Waals surface area contributed by atoms with Crippen molar-refractivity contribution in [1.82, 2.24) is 0 Å². The molecule has 0 fully saturated rings. The number of carboxylic acids is 3. The van der Waals surface area contributed by atoms with Gasteiger partial charge in [-0.05, 0) is 83.0 Å². The lowest BCUT2D eigenvalue weighted by Gasteiger charge is -2.29. The quantitative estimate of drug-likeness (QED) is 0.127. The number of aliphatic hydroxyl groups excluding tert-OH is 3. The zero-order chi connectivity index (χ0) is 31.4. The van der Waals surface area contributed by atoms with Crippen molar-refractivity contribution in [3.05, 3.63) is 94.0 Å². The van der Waals surface area contributed by atoms with Crippen LogP contribution in [0.15, 0.2) is 60.7 Å². The molecule has 0 saturated heterocycles. The number of rotatable bonds is 18. The fourth-order valence-electron chi connectivity index (χ4n) is 5.96. The van der Waals surface area contributed by atoms with E-state index in [-0.39, 0.29) is 39.1 Å². The van der Waals surface area contributed by atoms with Gasteiger partial charge in [0.2, 0.25) is 0 Å². The van der Waals surface area contributed by atoms with Gasteiger partial charge in [0.25, 0.3) is 0 Å². The van der Waals surface area contributed by atoms with Gasteiger partial charge in [-0.1, -0.05) is 60.7 Å². The number of hydrogen-bond donors (Lipinski definition) is 6. The van der Waals surface area contributed by atoms with Crippen LogP contribution in [-0.2, 0) is 40.1 Å². The predicted octanol–water partition coefficient (Wildman–Crippen LogP) is 4.18. The van der Waals surface area contributed by atoms with E-state index in [1.165, 1.54) is 0 Å². The van der Waals surface area contributed by atoms with E-state index in [0.717, 1.165) is 22.3 Å². The Labute approximate surface area is 251 Å². The van der Waals surface area contributed by atoms with Gasteiger partial charge >= 0.3 is 17.9 Å². The first-order valence-electron chi connectivity index (χ1n) is 14.5. The molecule has 0 saturated carbocycles. The minimum atomic E-state index is -1.24. The Morgan fingerprint density at radius 1 is 0.581 bits per heavy atom. The highest BCUT2D eigenvalue weighted by Gasteiger charge is 2.36. The molecule has 43 heavy (non-hydrogen) atoms. The first-order chi connectivity index (χ1) is 20.7. The maximum absolute atomic E-state index is 13.1. The standard InChI is InChI=1S/C34H40O9/c35-18-5-9-22-7-1-2-10-24(22)30(21-32(40)41)33(34(42)43)29-13-4-12-27(28(29)14-6-19-36)26-11-3-8-23(15-16-31(38)39)25(26)17-20-37/h1-4,7-8,10-13,30,33,35-37H,5-6,9,14-21H2,(H,38,39)(H,40,41)(H,42,43). The molecule has 0 aliphatic heterocycles. The van der Waals surface area contributed by atoms with Crippen molar-refractivity contribution in [3.8, 4) is 11.1 Å². The minimum Gasteiger partial charge on any atom is -0.481 e. The number of carbonyl (C=O) groups is 3. The fraction of sp³-hybridized carbons (Fsp3) is 0.382. The molecule has 3 rings (SSSR count). The first kappa shape index (κ1) is 33.5. The Morgan fingerprint density at radius 3 is 1.81 bits per heavy atom. The van der Waals surface area contributed by atoms with Crippen molar-refractivity contribution >= 4 is 17.9 Å². The third-order valence-corrected chi connectivity index (χ3v) is 7.79. The summed E-state index contributed by atoms with van der Waals surface area (Å²) in [6, 6.07) is 17.9. The van der Waals surface area contributed by atoms with Crippen LogP contribution in [0.4, 0.5) is 0 Å². The summed E-state index contributed by atoms with van der Waals surface area (Å²) in [4.78, 5) is 36.6. The van der Waals surface area contributed by atoms with Crippen LogP contribution in [0.2, 0.25) is 0 Å². The van der Waals surface area contributed by atoms with Gasteiger partial charge in [-0.2, -0.15) is 0 Å². The summed E-state index contributed by atoms with van der Waals surface area (Å²) in [5, 5.41) is 58.9.